The summed E-state index contributed by atoms with van der Waals surface area (Å²) < 4.78 is 6.57. The first kappa shape index (κ1) is 19.5. The molecule has 6 nitrogen and oxygen atoms in total. The van der Waals surface area contributed by atoms with Crippen molar-refractivity contribution < 1.29 is 9.53 Å². The van der Waals surface area contributed by atoms with Crippen LogP contribution < -0.4 is 9.64 Å². The number of thiophene rings is 1. The summed E-state index contributed by atoms with van der Waals surface area (Å²) >= 11 is 1.71. The van der Waals surface area contributed by atoms with E-state index in [9.17, 15) is 4.79 Å². The summed E-state index contributed by atoms with van der Waals surface area (Å²) in [7, 11) is 1.67. The number of hydrogen-bond donors (Lipinski definition) is 0. The minimum atomic E-state index is 0.0649. The Morgan fingerprint density at radius 2 is 1.84 bits per heavy atom. The summed E-state index contributed by atoms with van der Waals surface area (Å²) in [5.41, 5.74) is 4.81. The zero-order valence-corrected chi connectivity index (χ0v) is 18.0. The normalized spacial score (nSPS) is 14.1. The van der Waals surface area contributed by atoms with Crippen molar-refractivity contribution >= 4 is 33.1 Å². The molecule has 31 heavy (non-hydrogen) atoms. The second-order valence-corrected chi connectivity index (χ2v) is 8.32. The molecule has 7 heteroatoms. The van der Waals surface area contributed by atoms with Crippen LogP contribution in [0, 0.1) is 0 Å². The highest BCUT2D eigenvalue weighted by molar-refractivity contribution is 7.17. The van der Waals surface area contributed by atoms with Crippen LogP contribution in [0.15, 0.2) is 66.3 Å². The number of methoxy groups -OCH3 is 1. The van der Waals surface area contributed by atoms with Gasteiger partial charge in [-0.2, -0.15) is 0 Å². The van der Waals surface area contributed by atoms with Gasteiger partial charge in [0.1, 0.15) is 5.75 Å². The molecule has 1 aromatic carbocycles. The Morgan fingerprint density at radius 1 is 1.03 bits per heavy atom. The number of ether oxygens (including phenoxy) is 1. The van der Waals surface area contributed by atoms with E-state index in [-0.39, 0.29) is 5.91 Å². The zero-order chi connectivity index (χ0) is 21.2. The van der Waals surface area contributed by atoms with E-state index in [4.69, 9.17) is 9.72 Å². The van der Waals surface area contributed by atoms with E-state index in [1.807, 2.05) is 23.1 Å². The minimum Gasteiger partial charge on any atom is -0.497 e. The first-order chi connectivity index (χ1) is 15.2. The predicted octanol–water partition coefficient (Wildman–Crippen LogP) is 4.33. The first-order valence-corrected chi connectivity index (χ1v) is 11.1. The highest BCUT2D eigenvalue weighted by Crippen LogP contribution is 2.35. The molecule has 0 spiro atoms. The molecule has 4 aromatic rings. The average molecular weight is 431 g/mol. The Labute approximate surface area is 184 Å². The van der Waals surface area contributed by atoms with Crippen molar-refractivity contribution in [2.75, 3.05) is 38.2 Å². The zero-order valence-electron chi connectivity index (χ0n) is 17.2. The molecule has 0 saturated carbocycles. The van der Waals surface area contributed by atoms with Crippen molar-refractivity contribution in [3.05, 3.63) is 71.9 Å². The van der Waals surface area contributed by atoms with E-state index in [1.54, 1.807) is 43.0 Å². The number of carbonyl (C=O) groups is 1. The third kappa shape index (κ3) is 3.84. The molecule has 1 aliphatic heterocycles. The maximum Gasteiger partial charge on any atom is 0.254 e. The van der Waals surface area contributed by atoms with Crippen LogP contribution in [-0.4, -0.2) is 54.1 Å². The number of nitrogens with zero attached hydrogens (tertiary/aromatic N) is 4. The smallest absolute Gasteiger partial charge is 0.254 e. The second kappa shape index (κ2) is 8.35. The number of pyridine rings is 2. The van der Waals surface area contributed by atoms with Gasteiger partial charge in [-0.1, -0.05) is 12.1 Å². The Kier molecular flexibility index (Phi) is 5.26. The van der Waals surface area contributed by atoms with Crippen LogP contribution in [-0.2, 0) is 0 Å². The fourth-order valence-electron chi connectivity index (χ4n) is 3.93. The summed E-state index contributed by atoms with van der Waals surface area (Å²) in [5, 5.41) is 2.08. The molecule has 1 amide bonds. The molecule has 1 saturated heterocycles. The van der Waals surface area contributed by atoms with Crippen molar-refractivity contribution in [3.63, 3.8) is 0 Å². The summed E-state index contributed by atoms with van der Waals surface area (Å²) in [6, 6.07) is 15.8. The summed E-state index contributed by atoms with van der Waals surface area (Å²) in [4.78, 5) is 25.9. The van der Waals surface area contributed by atoms with Gasteiger partial charge in [0.2, 0.25) is 0 Å². The van der Waals surface area contributed by atoms with Gasteiger partial charge in [0.25, 0.3) is 5.91 Å². The van der Waals surface area contributed by atoms with Gasteiger partial charge in [0, 0.05) is 49.7 Å². The van der Waals surface area contributed by atoms with Crippen LogP contribution in [0.2, 0.25) is 0 Å². The fourth-order valence-corrected chi connectivity index (χ4v) is 4.81. The molecular weight excluding hydrogens is 408 g/mol. The van der Waals surface area contributed by atoms with Crippen molar-refractivity contribution in [1.29, 1.82) is 0 Å². The monoisotopic (exact) mass is 430 g/mol. The van der Waals surface area contributed by atoms with Crippen molar-refractivity contribution in [1.82, 2.24) is 14.9 Å². The van der Waals surface area contributed by atoms with E-state index in [0.29, 0.717) is 18.7 Å². The fraction of sp³-hybridized carbons (Fsp3) is 0.208. The number of piperazine rings is 1. The lowest BCUT2D eigenvalue weighted by atomic mass is 10.1. The van der Waals surface area contributed by atoms with Gasteiger partial charge in [-0.25, -0.2) is 4.98 Å². The predicted molar refractivity (Wildman–Crippen MR) is 124 cm³/mol. The van der Waals surface area contributed by atoms with Crippen LogP contribution in [0.1, 0.15) is 10.4 Å². The van der Waals surface area contributed by atoms with E-state index >= 15 is 0 Å². The van der Waals surface area contributed by atoms with Crippen molar-refractivity contribution in [2.45, 2.75) is 0 Å². The Balaban J connectivity index is 1.41. The number of anilines is 1. The van der Waals surface area contributed by atoms with Gasteiger partial charge in [-0.3, -0.25) is 9.78 Å². The number of fused-ring (bicyclic) bond motifs is 1. The van der Waals surface area contributed by atoms with Gasteiger partial charge in [-0.15, -0.1) is 11.3 Å². The lowest BCUT2D eigenvalue weighted by Crippen LogP contribution is -2.48. The molecule has 0 atom stereocenters. The quantitative estimate of drug-likeness (QED) is 0.482. The number of benzene rings is 1. The molecular formula is C24H22N4O2S. The number of rotatable bonds is 4. The topological polar surface area (TPSA) is 58.6 Å². The molecule has 156 valence electrons. The second-order valence-electron chi connectivity index (χ2n) is 7.41. The Bertz CT molecular complexity index is 1220. The Hall–Kier alpha value is -3.45. The summed E-state index contributed by atoms with van der Waals surface area (Å²) in [5.74, 6) is 0.879. The summed E-state index contributed by atoms with van der Waals surface area (Å²) in [6.45, 7) is 2.94. The highest BCUT2D eigenvalue weighted by Gasteiger charge is 2.24. The van der Waals surface area contributed by atoms with Gasteiger partial charge in [-0.05, 0) is 41.8 Å². The van der Waals surface area contributed by atoms with Crippen LogP contribution >= 0.6 is 11.3 Å². The van der Waals surface area contributed by atoms with Crippen molar-refractivity contribution in [3.8, 4) is 17.0 Å². The lowest BCUT2D eigenvalue weighted by Gasteiger charge is -2.36. The van der Waals surface area contributed by atoms with Crippen LogP contribution in [0.5, 0.6) is 5.75 Å². The lowest BCUT2D eigenvalue weighted by molar-refractivity contribution is 0.0746. The van der Waals surface area contributed by atoms with E-state index < -0.39 is 0 Å². The number of hydrogen-bond acceptors (Lipinski definition) is 6. The van der Waals surface area contributed by atoms with Gasteiger partial charge in [0.05, 0.1) is 28.7 Å². The van der Waals surface area contributed by atoms with E-state index in [1.165, 1.54) is 10.4 Å². The molecule has 1 aliphatic rings. The summed E-state index contributed by atoms with van der Waals surface area (Å²) in [6.07, 6.45) is 3.32. The first-order valence-electron chi connectivity index (χ1n) is 10.2. The third-order valence-corrected chi connectivity index (χ3v) is 6.52. The molecule has 4 heterocycles. The molecule has 0 unspecified atom stereocenters. The maximum absolute atomic E-state index is 12.8. The number of aromatic nitrogens is 2. The molecule has 0 N–H and O–H groups in total. The SMILES string of the molecule is COc1cccc(-c2cc(N3CCN(C(=O)c4ccncc4)CC3)c3sccc3n2)c1. The largest absolute Gasteiger partial charge is 0.497 e. The molecule has 0 aliphatic carbocycles. The third-order valence-electron chi connectivity index (χ3n) is 5.59. The number of amides is 1. The van der Waals surface area contributed by atoms with Crippen LogP contribution in [0.25, 0.3) is 21.5 Å². The van der Waals surface area contributed by atoms with Gasteiger partial charge in [0.15, 0.2) is 0 Å². The van der Waals surface area contributed by atoms with Crippen LogP contribution in [0.3, 0.4) is 0 Å². The van der Waals surface area contributed by atoms with Crippen molar-refractivity contribution in [2.24, 2.45) is 0 Å². The van der Waals surface area contributed by atoms with Gasteiger partial charge >= 0.3 is 0 Å². The minimum absolute atomic E-state index is 0.0649. The highest BCUT2D eigenvalue weighted by atomic mass is 32.1. The molecule has 5 rings (SSSR count). The standard InChI is InChI=1S/C24H22N4O2S/c1-30-19-4-2-3-18(15-19)21-16-22(23-20(26-21)7-14-31-23)27-10-12-28(13-11-27)24(29)17-5-8-25-9-6-17/h2-9,14-16H,10-13H2,1H3. The maximum atomic E-state index is 12.8. The van der Waals surface area contributed by atoms with Gasteiger partial charge < -0.3 is 14.5 Å². The number of carbonyl (C=O) groups excluding carboxylic acids is 1. The molecule has 0 bridgehead atoms. The van der Waals surface area contributed by atoms with E-state index in [2.05, 4.69) is 33.5 Å². The van der Waals surface area contributed by atoms with E-state index in [0.717, 1.165) is 35.6 Å². The van der Waals surface area contributed by atoms with Crippen LogP contribution in [0.4, 0.5) is 5.69 Å². The molecule has 3 aromatic heterocycles. The Morgan fingerprint density at radius 3 is 2.61 bits per heavy atom. The molecule has 1 fully saturated rings. The average Bonchev–Trinajstić information content (AvgIpc) is 3.32. The molecule has 0 radical (unpaired) electrons.